The maximum Gasteiger partial charge on any atom is 0.0218 e. The Labute approximate surface area is 126 Å². The minimum atomic E-state index is 0.541. The average Bonchev–Trinajstić information content (AvgIpc) is 2.67. The summed E-state index contributed by atoms with van der Waals surface area (Å²) in [5.41, 5.74) is 0.541. The Bertz CT molecular complexity index is 271. The summed E-state index contributed by atoms with van der Waals surface area (Å²) in [6, 6.07) is 0.765. The summed E-state index contributed by atoms with van der Waals surface area (Å²) >= 11 is 0. The van der Waals surface area contributed by atoms with Crippen molar-refractivity contribution in [2.45, 2.75) is 57.9 Å². The third-order valence-electron chi connectivity index (χ3n) is 5.61. The predicted molar refractivity (Wildman–Crippen MR) is 87.2 cm³/mol. The molecule has 1 aliphatic heterocycles. The van der Waals surface area contributed by atoms with E-state index >= 15 is 0 Å². The van der Waals surface area contributed by atoms with Crippen molar-refractivity contribution in [2.75, 3.05) is 46.8 Å². The molecule has 2 rings (SSSR count). The second-order valence-electron chi connectivity index (χ2n) is 7.22. The Morgan fingerprint density at radius 3 is 2.40 bits per heavy atom. The number of rotatable bonds is 5. The molecule has 0 radical (unpaired) electrons. The van der Waals surface area contributed by atoms with Crippen molar-refractivity contribution in [1.29, 1.82) is 0 Å². The second kappa shape index (κ2) is 7.77. The fraction of sp³-hybridized carbons (Fsp3) is 1.00. The van der Waals surface area contributed by atoms with Crippen LogP contribution in [-0.2, 0) is 0 Å². The van der Waals surface area contributed by atoms with E-state index in [0.717, 1.165) is 6.04 Å². The highest BCUT2D eigenvalue weighted by atomic mass is 15.3. The van der Waals surface area contributed by atoms with Crippen LogP contribution in [-0.4, -0.2) is 62.7 Å². The van der Waals surface area contributed by atoms with Gasteiger partial charge in [0.05, 0.1) is 0 Å². The van der Waals surface area contributed by atoms with Crippen molar-refractivity contribution in [1.82, 2.24) is 15.1 Å². The van der Waals surface area contributed by atoms with Gasteiger partial charge < -0.3 is 10.2 Å². The number of piperazine rings is 1. The molecule has 1 N–H and O–H groups in total. The van der Waals surface area contributed by atoms with E-state index in [2.05, 4.69) is 36.1 Å². The fourth-order valence-electron chi connectivity index (χ4n) is 4.31. The lowest BCUT2D eigenvalue weighted by Crippen LogP contribution is -2.54. The van der Waals surface area contributed by atoms with Gasteiger partial charge in [0.1, 0.15) is 0 Å². The standard InChI is InChI=1S/C17H35N3/c1-4-16-13-20(12-11-19(16)3)15-17(14-18-2)9-7-5-6-8-10-17/h16,18H,4-15H2,1-3H3. The maximum absolute atomic E-state index is 3.49. The van der Waals surface area contributed by atoms with Crippen molar-refractivity contribution in [2.24, 2.45) is 5.41 Å². The molecule has 118 valence electrons. The highest BCUT2D eigenvalue weighted by molar-refractivity contribution is 4.89. The van der Waals surface area contributed by atoms with E-state index in [1.165, 1.54) is 77.7 Å². The van der Waals surface area contributed by atoms with Crippen LogP contribution in [0.1, 0.15) is 51.9 Å². The number of hydrogen-bond donors (Lipinski definition) is 1. The minimum absolute atomic E-state index is 0.541. The van der Waals surface area contributed by atoms with Crippen molar-refractivity contribution >= 4 is 0 Å². The van der Waals surface area contributed by atoms with Crippen LogP contribution in [0.5, 0.6) is 0 Å². The molecule has 2 fully saturated rings. The molecular weight excluding hydrogens is 246 g/mol. The van der Waals surface area contributed by atoms with Gasteiger partial charge in [0.25, 0.3) is 0 Å². The summed E-state index contributed by atoms with van der Waals surface area (Å²) in [5.74, 6) is 0. The van der Waals surface area contributed by atoms with Gasteiger partial charge in [0, 0.05) is 38.8 Å². The molecule has 1 saturated heterocycles. The molecule has 0 aromatic rings. The van der Waals surface area contributed by atoms with E-state index in [9.17, 15) is 0 Å². The zero-order chi connectivity index (χ0) is 14.4. The van der Waals surface area contributed by atoms with Gasteiger partial charge in [-0.25, -0.2) is 0 Å². The SMILES string of the molecule is CCC1CN(CC2(CNC)CCCCCC2)CCN1C. The van der Waals surface area contributed by atoms with Crippen molar-refractivity contribution < 1.29 is 0 Å². The van der Waals surface area contributed by atoms with Crippen LogP contribution in [0.4, 0.5) is 0 Å². The van der Waals surface area contributed by atoms with Crippen molar-refractivity contribution in [3.05, 3.63) is 0 Å². The summed E-state index contributed by atoms with van der Waals surface area (Å²) in [7, 11) is 4.42. The van der Waals surface area contributed by atoms with Gasteiger partial charge in [0.2, 0.25) is 0 Å². The summed E-state index contributed by atoms with van der Waals surface area (Å²) in [4.78, 5) is 5.31. The molecule has 1 saturated carbocycles. The molecular formula is C17H35N3. The average molecular weight is 281 g/mol. The molecule has 2 aliphatic rings. The van der Waals surface area contributed by atoms with Gasteiger partial charge in [-0.3, -0.25) is 4.90 Å². The van der Waals surface area contributed by atoms with E-state index in [-0.39, 0.29) is 0 Å². The normalized spacial score (nSPS) is 29.2. The third kappa shape index (κ3) is 4.19. The molecule has 0 amide bonds. The quantitative estimate of drug-likeness (QED) is 0.782. The van der Waals surface area contributed by atoms with Crippen molar-refractivity contribution in [3.8, 4) is 0 Å². The second-order valence-corrected chi connectivity index (χ2v) is 7.22. The Hall–Kier alpha value is -0.120. The van der Waals surface area contributed by atoms with Crippen LogP contribution in [0.25, 0.3) is 0 Å². The Kier molecular flexibility index (Phi) is 6.31. The largest absolute Gasteiger partial charge is 0.319 e. The molecule has 0 bridgehead atoms. The molecule has 1 unspecified atom stereocenters. The van der Waals surface area contributed by atoms with Gasteiger partial charge in [-0.1, -0.05) is 32.6 Å². The minimum Gasteiger partial charge on any atom is -0.319 e. The number of nitrogens with zero attached hydrogens (tertiary/aromatic N) is 2. The summed E-state index contributed by atoms with van der Waals surface area (Å²) in [5, 5.41) is 3.49. The van der Waals surface area contributed by atoms with E-state index in [1.54, 1.807) is 0 Å². The first-order chi connectivity index (χ1) is 9.69. The van der Waals surface area contributed by atoms with Gasteiger partial charge in [-0.05, 0) is 38.8 Å². The molecule has 3 heteroatoms. The molecule has 1 aliphatic carbocycles. The molecule has 1 atom stereocenters. The first-order valence-electron chi connectivity index (χ1n) is 8.76. The van der Waals surface area contributed by atoms with Gasteiger partial charge in [-0.15, -0.1) is 0 Å². The lowest BCUT2D eigenvalue weighted by Gasteiger charge is -2.44. The Morgan fingerprint density at radius 1 is 1.10 bits per heavy atom. The molecule has 1 heterocycles. The fourth-order valence-corrected chi connectivity index (χ4v) is 4.31. The third-order valence-corrected chi connectivity index (χ3v) is 5.61. The lowest BCUT2D eigenvalue weighted by atomic mass is 9.79. The lowest BCUT2D eigenvalue weighted by molar-refractivity contribution is 0.0503. The van der Waals surface area contributed by atoms with Gasteiger partial charge >= 0.3 is 0 Å². The van der Waals surface area contributed by atoms with Gasteiger partial charge in [0.15, 0.2) is 0 Å². The summed E-state index contributed by atoms with van der Waals surface area (Å²) in [6.45, 7) is 8.64. The summed E-state index contributed by atoms with van der Waals surface area (Å²) < 4.78 is 0. The zero-order valence-electron chi connectivity index (χ0n) is 14.0. The highest BCUT2D eigenvalue weighted by Gasteiger charge is 2.34. The van der Waals surface area contributed by atoms with Crippen LogP contribution >= 0.6 is 0 Å². The van der Waals surface area contributed by atoms with E-state index in [1.807, 2.05) is 0 Å². The van der Waals surface area contributed by atoms with Crippen molar-refractivity contribution in [3.63, 3.8) is 0 Å². The highest BCUT2D eigenvalue weighted by Crippen LogP contribution is 2.35. The van der Waals surface area contributed by atoms with E-state index < -0.39 is 0 Å². The molecule has 3 nitrogen and oxygen atoms in total. The van der Waals surface area contributed by atoms with Crippen LogP contribution in [0.2, 0.25) is 0 Å². The van der Waals surface area contributed by atoms with Gasteiger partial charge in [-0.2, -0.15) is 0 Å². The van der Waals surface area contributed by atoms with Crippen LogP contribution in [0.3, 0.4) is 0 Å². The molecule has 0 aromatic carbocycles. The number of hydrogen-bond acceptors (Lipinski definition) is 3. The van der Waals surface area contributed by atoms with E-state index in [0.29, 0.717) is 5.41 Å². The topological polar surface area (TPSA) is 18.5 Å². The first kappa shape index (κ1) is 16.3. The monoisotopic (exact) mass is 281 g/mol. The predicted octanol–water partition coefficient (Wildman–Crippen LogP) is 2.57. The molecule has 0 aromatic heterocycles. The Balaban J connectivity index is 1.96. The van der Waals surface area contributed by atoms with Crippen LogP contribution in [0.15, 0.2) is 0 Å². The van der Waals surface area contributed by atoms with Crippen LogP contribution in [0, 0.1) is 5.41 Å². The maximum atomic E-state index is 3.49. The first-order valence-corrected chi connectivity index (χ1v) is 8.76. The van der Waals surface area contributed by atoms with Crippen LogP contribution < -0.4 is 5.32 Å². The Morgan fingerprint density at radius 2 is 1.80 bits per heavy atom. The molecule has 20 heavy (non-hydrogen) atoms. The zero-order valence-corrected chi connectivity index (χ0v) is 14.0. The smallest absolute Gasteiger partial charge is 0.0218 e. The van der Waals surface area contributed by atoms with E-state index in [4.69, 9.17) is 0 Å². The number of nitrogens with one attached hydrogen (secondary N) is 1. The summed E-state index contributed by atoms with van der Waals surface area (Å²) in [6.07, 6.45) is 9.91. The number of likely N-dealkylation sites (N-methyl/N-ethyl adjacent to an activating group) is 1. The molecule has 0 spiro atoms.